The normalized spacial score (nSPS) is 4.00. The Balaban J connectivity index is -0.0000000450. The van der Waals surface area contributed by atoms with Crippen LogP contribution in [0.4, 0.5) is 4.79 Å². The van der Waals surface area contributed by atoms with Crippen LogP contribution in [0.1, 0.15) is 0 Å². The Morgan fingerprint density at radius 1 is 1.67 bits per heavy atom. The van der Waals surface area contributed by atoms with Crippen LogP contribution in [-0.4, -0.2) is 16.7 Å². The van der Waals surface area contributed by atoms with E-state index in [0.717, 1.165) is 0 Å². The first-order valence-corrected chi connectivity index (χ1v) is 0.632. The first kappa shape index (κ1) is 16.0. The minimum Gasteiger partial charge on any atom is -0.565 e. The minimum atomic E-state index is -2.08. The Labute approximate surface area is 66.2 Å². The number of rotatable bonds is 0. The van der Waals surface area contributed by atoms with Crippen LogP contribution < -0.4 is 5.11 Å². The van der Waals surface area contributed by atoms with E-state index < -0.39 is 6.16 Å². The SMILES string of the molecule is O.O=C([O-])O.[Gd]. The summed E-state index contributed by atoms with van der Waals surface area (Å²) in [4.78, 5) is 8.44. The third-order valence-corrected chi connectivity index (χ3v) is 0. The molecule has 0 aliphatic carbocycles. The van der Waals surface area contributed by atoms with Crippen molar-refractivity contribution in [1.29, 1.82) is 0 Å². The molecule has 0 radical (unpaired) electrons. The molecule has 0 aromatic carbocycles. The average Bonchev–Trinajstić information content (AvgIpc) is 0.811. The van der Waals surface area contributed by atoms with Crippen LogP contribution in [0.25, 0.3) is 0 Å². The molecule has 0 bridgehead atoms. The van der Waals surface area contributed by atoms with Crippen LogP contribution >= 0.6 is 0 Å². The largest absolute Gasteiger partial charge is 0.565 e. The topological polar surface area (TPSA) is 91.9 Å². The van der Waals surface area contributed by atoms with Gasteiger partial charge < -0.3 is 20.5 Å². The third-order valence-electron chi connectivity index (χ3n) is 0. The van der Waals surface area contributed by atoms with Crippen molar-refractivity contribution in [1.82, 2.24) is 0 Å². The number of hydrogen-bond donors (Lipinski definition) is 1. The molecular formula is CH3GdO4-. The summed E-state index contributed by atoms with van der Waals surface area (Å²) in [5, 5.41) is 15.3. The van der Waals surface area contributed by atoms with Gasteiger partial charge in [-0.2, -0.15) is 0 Å². The van der Waals surface area contributed by atoms with Crippen molar-refractivity contribution in [2.75, 3.05) is 0 Å². The zero-order valence-electron chi connectivity index (χ0n) is 2.62. The fraction of sp³-hybridized carbons (Fsp3) is 0. The van der Waals surface area contributed by atoms with Gasteiger partial charge in [-0.3, -0.25) is 0 Å². The van der Waals surface area contributed by atoms with Gasteiger partial charge in [0.05, 0.1) is 0 Å². The van der Waals surface area contributed by atoms with Gasteiger partial charge in [0.25, 0.3) is 0 Å². The summed E-state index contributed by atoms with van der Waals surface area (Å²) >= 11 is 0. The summed E-state index contributed by atoms with van der Waals surface area (Å²) in [6.45, 7) is 0. The van der Waals surface area contributed by atoms with E-state index in [1.54, 1.807) is 0 Å². The van der Waals surface area contributed by atoms with Gasteiger partial charge in [0, 0.05) is 39.9 Å². The smallest absolute Gasteiger partial charge is 0.249 e. The van der Waals surface area contributed by atoms with Crippen LogP contribution in [0.5, 0.6) is 0 Å². The van der Waals surface area contributed by atoms with E-state index in [2.05, 4.69) is 0 Å². The monoisotopic (exact) mass is 237 g/mol. The average molecular weight is 236 g/mol. The van der Waals surface area contributed by atoms with Crippen LogP contribution in [0.15, 0.2) is 0 Å². The molecule has 0 aromatic rings. The van der Waals surface area contributed by atoms with Crippen molar-refractivity contribution < 1.29 is 60.4 Å². The van der Waals surface area contributed by atoms with Crippen molar-refractivity contribution in [3.8, 4) is 0 Å². The van der Waals surface area contributed by atoms with Gasteiger partial charge in [-0.15, -0.1) is 0 Å². The zero-order chi connectivity index (χ0) is 3.58. The molecule has 0 fully saturated rings. The van der Waals surface area contributed by atoms with Crippen molar-refractivity contribution >= 4 is 6.16 Å². The Kier molecular flexibility index (Phi) is 24.3. The number of hydrogen-bond acceptors (Lipinski definition) is 2. The van der Waals surface area contributed by atoms with Crippen LogP contribution in [0.2, 0.25) is 0 Å². The first-order chi connectivity index (χ1) is 1.73. The summed E-state index contributed by atoms with van der Waals surface area (Å²) in [6, 6.07) is 0. The maximum absolute atomic E-state index is 8.44. The fourth-order valence-electron chi connectivity index (χ4n) is 0. The molecule has 5 heteroatoms. The van der Waals surface area contributed by atoms with E-state index >= 15 is 0 Å². The molecule has 0 amide bonds. The summed E-state index contributed by atoms with van der Waals surface area (Å²) < 4.78 is 0. The maximum atomic E-state index is 8.44. The maximum Gasteiger partial charge on any atom is 0.249 e. The molecule has 4 nitrogen and oxygen atoms in total. The molecule has 0 saturated heterocycles. The van der Waals surface area contributed by atoms with Crippen LogP contribution in [-0.2, 0) is 0 Å². The van der Waals surface area contributed by atoms with Crippen molar-refractivity contribution in [2.45, 2.75) is 0 Å². The Morgan fingerprint density at radius 3 is 1.67 bits per heavy atom. The third kappa shape index (κ3) is 187. The molecule has 3 N–H and O–H groups in total. The fourth-order valence-corrected chi connectivity index (χ4v) is 0. The molecule has 0 aromatic heterocycles. The van der Waals surface area contributed by atoms with Gasteiger partial charge in [0.2, 0.25) is 6.16 Å². The molecule has 0 spiro atoms. The zero-order valence-corrected chi connectivity index (χ0v) is 4.89. The second kappa shape index (κ2) is 9.12. The van der Waals surface area contributed by atoms with Crippen molar-refractivity contribution in [3.63, 3.8) is 0 Å². The van der Waals surface area contributed by atoms with Crippen LogP contribution in [0, 0.1) is 39.9 Å². The second-order valence-corrected chi connectivity index (χ2v) is 0.266. The predicted octanol–water partition coefficient (Wildman–Crippen LogP) is -1.94. The van der Waals surface area contributed by atoms with Crippen molar-refractivity contribution in [2.24, 2.45) is 0 Å². The Bertz CT molecular complexity index is 30.5. The number of carbonyl (C=O) groups is 1. The quantitative estimate of drug-likeness (QED) is 0.530. The molecule has 0 rings (SSSR count). The summed E-state index contributed by atoms with van der Waals surface area (Å²) in [5.74, 6) is 0. The molecular weight excluding hydrogens is 233 g/mol. The van der Waals surface area contributed by atoms with E-state index in [4.69, 9.17) is 15.0 Å². The van der Waals surface area contributed by atoms with Gasteiger partial charge in [0.1, 0.15) is 0 Å². The van der Waals surface area contributed by atoms with E-state index in [0.29, 0.717) is 0 Å². The molecule has 0 unspecified atom stereocenters. The molecule has 0 heterocycles. The summed E-state index contributed by atoms with van der Waals surface area (Å²) in [5.41, 5.74) is 0. The number of carboxylic acid groups (broad SMARTS) is 2. The molecule has 0 aliphatic rings. The van der Waals surface area contributed by atoms with E-state index in [1.165, 1.54) is 0 Å². The van der Waals surface area contributed by atoms with E-state index in [9.17, 15) is 0 Å². The predicted molar refractivity (Wildman–Crippen MR) is 11.6 cm³/mol. The minimum absolute atomic E-state index is 0. The molecule has 6 heavy (non-hydrogen) atoms. The summed E-state index contributed by atoms with van der Waals surface area (Å²) in [7, 11) is 0. The van der Waals surface area contributed by atoms with Crippen LogP contribution in [0.3, 0.4) is 0 Å². The van der Waals surface area contributed by atoms with Gasteiger partial charge in [-0.25, -0.2) is 0 Å². The van der Waals surface area contributed by atoms with Gasteiger partial charge in [-0.1, -0.05) is 0 Å². The van der Waals surface area contributed by atoms with Gasteiger partial charge >= 0.3 is 0 Å². The Hall–Kier alpha value is 0.555. The molecule has 40 valence electrons. The van der Waals surface area contributed by atoms with E-state index in [-0.39, 0.29) is 45.4 Å². The second-order valence-electron chi connectivity index (χ2n) is 0.266. The standard InChI is InChI=1S/CH2O3.Gd.H2O/c2-1(3)4;;/h(H2,2,3,4);;1H2/p-1. The first-order valence-electron chi connectivity index (χ1n) is 0.632. The summed E-state index contributed by atoms with van der Waals surface area (Å²) in [6.07, 6.45) is -2.08. The molecule has 0 saturated carbocycles. The van der Waals surface area contributed by atoms with Crippen molar-refractivity contribution in [3.05, 3.63) is 0 Å². The Morgan fingerprint density at radius 2 is 1.67 bits per heavy atom. The molecule has 0 aliphatic heterocycles. The van der Waals surface area contributed by atoms with Gasteiger partial charge in [-0.05, 0) is 0 Å². The van der Waals surface area contributed by atoms with E-state index in [1.807, 2.05) is 0 Å². The molecule has 0 atom stereocenters. The van der Waals surface area contributed by atoms with Gasteiger partial charge in [0.15, 0.2) is 0 Å².